The Balaban J connectivity index is 2.13. The smallest absolute Gasteiger partial charge is 0.320 e. The van der Waals surface area contributed by atoms with Gasteiger partial charge in [-0.25, -0.2) is 4.79 Å². The Bertz CT molecular complexity index is 446. The fourth-order valence-corrected chi connectivity index (χ4v) is 2.38. The SMILES string of the molecule is CN1C(=O)N(CC(C)(C)CN)CC1c1cccnc1. The van der Waals surface area contributed by atoms with Crippen LogP contribution in [0.4, 0.5) is 4.79 Å². The van der Waals surface area contributed by atoms with Gasteiger partial charge < -0.3 is 15.5 Å². The van der Waals surface area contributed by atoms with Crippen molar-refractivity contribution in [2.24, 2.45) is 11.1 Å². The van der Waals surface area contributed by atoms with Crippen LogP contribution in [0.15, 0.2) is 24.5 Å². The number of carbonyl (C=O) groups excluding carboxylic acids is 1. The zero-order chi connectivity index (χ0) is 14.0. The van der Waals surface area contributed by atoms with E-state index in [0.717, 1.165) is 5.56 Å². The Morgan fingerprint density at radius 3 is 2.84 bits per heavy atom. The Kier molecular flexibility index (Phi) is 3.75. The molecule has 1 aliphatic rings. The van der Waals surface area contributed by atoms with Crippen molar-refractivity contribution in [1.82, 2.24) is 14.8 Å². The first-order valence-corrected chi connectivity index (χ1v) is 6.56. The fraction of sp³-hybridized carbons (Fsp3) is 0.571. The van der Waals surface area contributed by atoms with Gasteiger partial charge in [0.05, 0.1) is 6.04 Å². The third-order valence-electron chi connectivity index (χ3n) is 3.67. The molecule has 1 unspecified atom stereocenters. The maximum absolute atomic E-state index is 12.3. The molecule has 1 saturated heterocycles. The van der Waals surface area contributed by atoms with E-state index >= 15 is 0 Å². The molecule has 5 nitrogen and oxygen atoms in total. The molecule has 1 aromatic heterocycles. The molecule has 2 N–H and O–H groups in total. The number of nitrogens with two attached hydrogens (primary N) is 1. The first kappa shape index (κ1) is 13.8. The third-order valence-corrected chi connectivity index (χ3v) is 3.67. The number of hydrogen-bond acceptors (Lipinski definition) is 3. The quantitative estimate of drug-likeness (QED) is 0.894. The summed E-state index contributed by atoms with van der Waals surface area (Å²) in [6, 6.07) is 4.06. The van der Waals surface area contributed by atoms with Crippen LogP contribution in [0.25, 0.3) is 0 Å². The number of nitrogens with zero attached hydrogens (tertiary/aromatic N) is 3. The minimum absolute atomic E-state index is 0.0552. The van der Waals surface area contributed by atoms with Gasteiger partial charge in [-0.15, -0.1) is 0 Å². The number of pyridine rings is 1. The average Bonchev–Trinajstić information content (AvgIpc) is 2.68. The summed E-state index contributed by atoms with van der Waals surface area (Å²) in [6.07, 6.45) is 3.57. The van der Waals surface area contributed by atoms with Gasteiger partial charge in [-0.3, -0.25) is 4.98 Å². The van der Waals surface area contributed by atoms with Gasteiger partial charge in [-0.2, -0.15) is 0 Å². The first-order chi connectivity index (χ1) is 8.94. The number of urea groups is 1. The summed E-state index contributed by atoms with van der Waals surface area (Å²) in [5, 5.41) is 0. The van der Waals surface area contributed by atoms with E-state index in [2.05, 4.69) is 18.8 Å². The molecule has 0 saturated carbocycles. The van der Waals surface area contributed by atoms with Crippen LogP contribution in [-0.4, -0.2) is 47.5 Å². The third kappa shape index (κ3) is 2.87. The van der Waals surface area contributed by atoms with Crippen molar-refractivity contribution in [2.75, 3.05) is 26.7 Å². The molecule has 2 amide bonds. The molecule has 104 valence electrons. The number of aromatic nitrogens is 1. The van der Waals surface area contributed by atoms with Crippen molar-refractivity contribution in [3.05, 3.63) is 30.1 Å². The van der Waals surface area contributed by atoms with Crippen molar-refractivity contribution in [3.8, 4) is 0 Å². The molecule has 1 aliphatic heterocycles. The summed E-state index contributed by atoms with van der Waals surface area (Å²) in [6.45, 7) is 6.11. The number of rotatable bonds is 4. The monoisotopic (exact) mass is 262 g/mol. The molecule has 0 spiro atoms. The van der Waals surface area contributed by atoms with Crippen LogP contribution >= 0.6 is 0 Å². The van der Waals surface area contributed by atoms with Crippen LogP contribution in [-0.2, 0) is 0 Å². The Labute approximate surface area is 114 Å². The lowest BCUT2D eigenvalue weighted by Crippen LogP contribution is -2.40. The summed E-state index contributed by atoms with van der Waals surface area (Å²) in [7, 11) is 1.84. The largest absolute Gasteiger partial charge is 0.330 e. The lowest BCUT2D eigenvalue weighted by molar-refractivity contribution is 0.177. The van der Waals surface area contributed by atoms with E-state index in [4.69, 9.17) is 5.73 Å². The summed E-state index contributed by atoms with van der Waals surface area (Å²) in [5.74, 6) is 0. The summed E-state index contributed by atoms with van der Waals surface area (Å²) in [4.78, 5) is 20.1. The molecule has 2 heterocycles. The second-order valence-corrected chi connectivity index (χ2v) is 5.94. The number of amides is 2. The molecule has 0 aliphatic carbocycles. The highest BCUT2D eigenvalue weighted by Gasteiger charge is 2.37. The van der Waals surface area contributed by atoms with Gasteiger partial charge in [0.25, 0.3) is 0 Å². The zero-order valence-corrected chi connectivity index (χ0v) is 11.8. The molecular weight excluding hydrogens is 240 g/mol. The van der Waals surface area contributed by atoms with Gasteiger partial charge in [0, 0.05) is 32.5 Å². The molecule has 1 fully saturated rings. The molecule has 2 rings (SSSR count). The standard InChI is InChI=1S/C14H22N4O/c1-14(2,9-15)10-18-8-12(17(3)13(18)19)11-5-4-6-16-7-11/h4-7,12H,8-10,15H2,1-3H3. The Morgan fingerprint density at radius 2 is 2.26 bits per heavy atom. The van der Waals surface area contributed by atoms with Gasteiger partial charge >= 0.3 is 6.03 Å². The lowest BCUT2D eigenvalue weighted by Gasteiger charge is -2.28. The predicted octanol–water partition coefficient (Wildman–Crippen LogP) is 1.47. The number of carbonyl (C=O) groups is 1. The average molecular weight is 262 g/mol. The van der Waals surface area contributed by atoms with E-state index < -0.39 is 0 Å². The van der Waals surface area contributed by atoms with Crippen LogP contribution in [0.2, 0.25) is 0 Å². The summed E-state index contributed by atoms with van der Waals surface area (Å²) in [5.41, 5.74) is 6.77. The van der Waals surface area contributed by atoms with Gasteiger partial charge in [-0.1, -0.05) is 19.9 Å². The molecular formula is C14H22N4O. The summed E-state index contributed by atoms with van der Waals surface area (Å²) < 4.78 is 0. The van der Waals surface area contributed by atoms with Gasteiger partial charge in [0.2, 0.25) is 0 Å². The molecule has 19 heavy (non-hydrogen) atoms. The topological polar surface area (TPSA) is 62.5 Å². The van der Waals surface area contributed by atoms with Crippen molar-refractivity contribution >= 4 is 6.03 Å². The zero-order valence-electron chi connectivity index (χ0n) is 11.8. The van der Waals surface area contributed by atoms with E-state index in [-0.39, 0.29) is 17.5 Å². The summed E-state index contributed by atoms with van der Waals surface area (Å²) >= 11 is 0. The van der Waals surface area contributed by atoms with Crippen LogP contribution in [0.1, 0.15) is 25.5 Å². The molecule has 0 aromatic carbocycles. The second-order valence-electron chi connectivity index (χ2n) is 5.94. The molecule has 5 heteroatoms. The lowest BCUT2D eigenvalue weighted by atomic mass is 9.93. The second kappa shape index (κ2) is 5.17. The van der Waals surface area contributed by atoms with Crippen molar-refractivity contribution in [1.29, 1.82) is 0 Å². The first-order valence-electron chi connectivity index (χ1n) is 6.56. The van der Waals surface area contributed by atoms with Crippen molar-refractivity contribution in [3.63, 3.8) is 0 Å². The van der Waals surface area contributed by atoms with E-state index in [1.54, 1.807) is 11.1 Å². The van der Waals surface area contributed by atoms with E-state index in [0.29, 0.717) is 19.6 Å². The number of likely N-dealkylation sites (N-methyl/N-ethyl adjacent to an activating group) is 1. The highest BCUT2D eigenvalue weighted by atomic mass is 16.2. The highest BCUT2D eigenvalue weighted by Crippen LogP contribution is 2.29. The van der Waals surface area contributed by atoms with Crippen LogP contribution in [0.5, 0.6) is 0 Å². The fourth-order valence-electron chi connectivity index (χ4n) is 2.38. The van der Waals surface area contributed by atoms with E-state index in [1.165, 1.54) is 0 Å². The molecule has 1 atom stereocenters. The van der Waals surface area contributed by atoms with Crippen molar-refractivity contribution < 1.29 is 4.79 Å². The van der Waals surface area contributed by atoms with Crippen molar-refractivity contribution in [2.45, 2.75) is 19.9 Å². The number of hydrogen-bond donors (Lipinski definition) is 1. The maximum atomic E-state index is 12.3. The van der Waals surface area contributed by atoms with Gasteiger partial charge in [0.1, 0.15) is 0 Å². The highest BCUT2D eigenvalue weighted by molar-refractivity contribution is 5.77. The molecule has 1 aromatic rings. The van der Waals surface area contributed by atoms with Gasteiger partial charge in [-0.05, 0) is 23.6 Å². The maximum Gasteiger partial charge on any atom is 0.320 e. The molecule has 0 bridgehead atoms. The Morgan fingerprint density at radius 1 is 1.53 bits per heavy atom. The predicted molar refractivity (Wildman–Crippen MR) is 74.5 cm³/mol. The van der Waals surface area contributed by atoms with Crippen LogP contribution in [0, 0.1) is 5.41 Å². The normalized spacial score (nSPS) is 20.2. The van der Waals surface area contributed by atoms with Crippen LogP contribution < -0.4 is 5.73 Å². The van der Waals surface area contributed by atoms with Gasteiger partial charge in [0.15, 0.2) is 0 Å². The Hall–Kier alpha value is -1.62. The molecule has 0 radical (unpaired) electrons. The minimum Gasteiger partial charge on any atom is -0.330 e. The van der Waals surface area contributed by atoms with E-state index in [1.807, 2.05) is 30.3 Å². The van der Waals surface area contributed by atoms with Crippen LogP contribution in [0.3, 0.4) is 0 Å². The van der Waals surface area contributed by atoms with E-state index in [9.17, 15) is 4.79 Å². The minimum atomic E-state index is -0.0552.